The summed E-state index contributed by atoms with van der Waals surface area (Å²) in [5.74, 6) is 0. The summed E-state index contributed by atoms with van der Waals surface area (Å²) in [6.07, 6.45) is 3.01. The molecule has 0 atom stereocenters. The van der Waals surface area contributed by atoms with Crippen LogP contribution >= 0.6 is 11.3 Å². The van der Waals surface area contributed by atoms with E-state index in [-0.39, 0.29) is 0 Å². The molecule has 1 aromatic heterocycles. The Morgan fingerprint density at radius 2 is 1.94 bits per heavy atom. The minimum absolute atomic E-state index is 0.991. The summed E-state index contributed by atoms with van der Waals surface area (Å²) >= 11 is 1.82. The van der Waals surface area contributed by atoms with Crippen molar-refractivity contribution in [3.05, 3.63) is 47.0 Å². The van der Waals surface area contributed by atoms with Crippen LogP contribution in [0.2, 0.25) is 0 Å². The molecule has 0 radical (unpaired) electrons. The molecule has 0 aliphatic carbocycles. The third kappa shape index (κ3) is 2.71. The predicted molar refractivity (Wildman–Crippen MR) is 76.4 cm³/mol. The van der Waals surface area contributed by atoms with Gasteiger partial charge in [0.1, 0.15) is 0 Å². The Kier molecular flexibility index (Phi) is 3.57. The van der Waals surface area contributed by atoms with E-state index in [1.165, 1.54) is 15.6 Å². The molecule has 3 nitrogen and oxygen atoms in total. The summed E-state index contributed by atoms with van der Waals surface area (Å²) in [5, 5.41) is 4.54. The molecule has 1 saturated heterocycles. The lowest BCUT2D eigenvalue weighted by atomic mass is 10.1. The van der Waals surface area contributed by atoms with Gasteiger partial charge in [0.25, 0.3) is 0 Å². The second kappa shape index (κ2) is 5.50. The maximum Gasteiger partial charge on any atom is 0.185 e. The molecular formula is C14H17N3S. The van der Waals surface area contributed by atoms with E-state index >= 15 is 0 Å². The van der Waals surface area contributed by atoms with Crippen LogP contribution in [-0.4, -0.2) is 31.2 Å². The van der Waals surface area contributed by atoms with Crippen molar-refractivity contribution in [2.45, 2.75) is 6.42 Å². The Labute approximate surface area is 111 Å². The second-order valence-electron chi connectivity index (χ2n) is 4.51. The zero-order valence-electron chi connectivity index (χ0n) is 10.3. The van der Waals surface area contributed by atoms with Gasteiger partial charge in [-0.15, -0.1) is 11.3 Å². The van der Waals surface area contributed by atoms with Gasteiger partial charge in [0.05, 0.1) is 0 Å². The van der Waals surface area contributed by atoms with Gasteiger partial charge in [0.15, 0.2) is 5.13 Å². The lowest BCUT2D eigenvalue weighted by Crippen LogP contribution is -2.43. The molecule has 0 bridgehead atoms. The molecule has 94 valence electrons. The van der Waals surface area contributed by atoms with Crippen molar-refractivity contribution in [1.29, 1.82) is 0 Å². The monoisotopic (exact) mass is 259 g/mol. The Hall–Kier alpha value is -1.39. The van der Waals surface area contributed by atoms with Crippen LogP contribution in [0.1, 0.15) is 10.4 Å². The van der Waals surface area contributed by atoms with Crippen molar-refractivity contribution in [2.75, 3.05) is 31.1 Å². The third-order valence-electron chi connectivity index (χ3n) is 3.15. The number of piperazine rings is 1. The molecule has 1 aliphatic heterocycles. The summed E-state index contributed by atoms with van der Waals surface area (Å²) in [6.45, 7) is 4.26. The van der Waals surface area contributed by atoms with Crippen LogP contribution in [0.15, 0.2) is 36.5 Å². The van der Waals surface area contributed by atoms with Crippen LogP contribution in [-0.2, 0) is 6.42 Å². The van der Waals surface area contributed by atoms with E-state index in [9.17, 15) is 0 Å². The van der Waals surface area contributed by atoms with Gasteiger partial charge in [-0.25, -0.2) is 4.98 Å². The van der Waals surface area contributed by atoms with E-state index in [1.54, 1.807) is 0 Å². The third-order valence-corrected chi connectivity index (χ3v) is 4.21. The predicted octanol–water partition coefficient (Wildman–Crippen LogP) is 2.14. The maximum absolute atomic E-state index is 4.55. The van der Waals surface area contributed by atoms with Gasteiger partial charge in [-0.3, -0.25) is 0 Å². The SMILES string of the molecule is c1ccc(Cc2cnc(N3CCNCC3)s2)cc1. The zero-order valence-corrected chi connectivity index (χ0v) is 11.1. The molecule has 1 aliphatic rings. The number of nitrogens with zero attached hydrogens (tertiary/aromatic N) is 2. The fourth-order valence-corrected chi connectivity index (χ4v) is 3.17. The van der Waals surface area contributed by atoms with Crippen molar-refractivity contribution in [3.8, 4) is 0 Å². The first-order chi connectivity index (χ1) is 8.92. The van der Waals surface area contributed by atoms with Crippen molar-refractivity contribution in [1.82, 2.24) is 10.3 Å². The Morgan fingerprint density at radius 3 is 2.72 bits per heavy atom. The van der Waals surface area contributed by atoms with E-state index in [0.717, 1.165) is 32.6 Å². The van der Waals surface area contributed by atoms with Crippen LogP contribution in [0.25, 0.3) is 0 Å². The molecule has 0 unspecified atom stereocenters. The summed E-state index contributed by atoms with van der Waals surface area (Å²) in [6, 6.07) is 10.6. The first kappa shape index (κ1) is 11.7. The lowest BCUT2D eigenvalue weighted by Gasteiger charge is -2.26. The van der Waals surface area contributed by atoms with Crippen LogP contribution in [0.4, 0.5) is 5.13 Å². The second-order valence-corrected chi connectivity index (χ2v) is 5.60. The van der Waals surface area contributed by atoms with Gasteiger partial charge in [-0.2, -0.15) is 0 Å². The molecule has 1 aromatic carbocycles. The van der Waals surface area contributed by atoms with Gasteiger partial charge >= 0.3 is 0 Å². The number of benzene rings is 1. The van der Waals surface area contributed by atoms with Gasteiger partial charge in [-0.05, 0) is 5.56 Å². The molecule has 1 N–H and O–H groups in total. The normalized spacial score (nSPS) is 15.9. The van der Waals surface area contributed by atoms with Crippen molar-refractivity contribution in [2.24, 2.45) is 0 Å². The Balaban J connectivity index is 1.69. The number of hydrogen-bond donors (Lipinski definition) is 1. The number of aromatic nitrogens is 1. The summed E-state index contributed by atoms with van der Waals surface area (Å²) < 4.78 is 0. The highest BCUT2D eigenvalue weighted by molar-refractivity contribution is 7.15. The van der Waals surface area contributed by atoms with Crippen molar-refractivity contribution < 1.29 is 0 Å². The molecule has 18 heavy (non-hydrogen) atoms. The molecular weight excluding hydrogens is 242 g/mol. The fraction of sp³-hybridized carbons (Fsp3) is 0.357. The van der Waals surface area contributed by atoms with Crippen LogP contribution in [0, 0.1) is 0 Å². The first-order valence-corrected chi connectivity index (χ1v) is 7.18. The van der Waals surface area contributed by atoms with E-state index in [0.29, 0.717) is 0 Å². The zero-order chi connectivity index (χ0) is 12.2. The molecule has 3 rings (SSSR count). The van der Waals surface area contributed by atoms with E-state index in [1.807, 2.05) is 17.5 Å². The highest BCUT2D eigenvalue weighted by atomic mass is 32.1. The smallest absolute Gasteiger partial charge is 0.185 e. The molecule has 0 saturated carbocycles. The largest absolute Gasteiger partial charge is 0.346 e. The summed E-state index contributed by atoms with van der Waals surface area (Å²) in [5.41, 5.74) is 1.35. The number of hydrogen-bond acceptors (Lipinski definition) is 4. The average molecular weight is 259 g/mol. The highest BCUT2D eigenvalue weighted by Gasteiger charge is 2.13. The highest BCUT2D eigenvalue weighted by Crippen LogP contribution is 2.24. The fourth-order valence-electron chi connectivity index (χ4n) is 2.18. The Morgan fingerprint density at radius 1 is 1.17 bits per heavy atom. The average Bonchev–Trinajstić information content (AvgIpc) is 2.89. The quantitative estimate of drug-likeness (QED) is 0.915. The molecule has 2 heterocycles. The van der Waals surface area contributed by atoms with Crippen LogP contribution < -0.4 is 10.2 Å². The van der Waals surface area contributed by atoms with Crippen molar-refractivity contribution >= 4 is 16.5 Å². The topological polar surface area (TPSA) is 28.2 Å². The molecule has 4 heteroatoms. The van der Waals surface area contributed by atoms with E-state index in [4.69, 9.17) is 0 Å². The van der Waals surface area contributed by atoms with Gasteiger partial charge in [-0.1, -0.05) is 30.3 Å². The van der Waals surface area contributed by atoms with E-state index in [2.05, 4.69) is 45.5 Å². The summed E-state index contributed by atoms with van der Waals surface area (Å²) in [4.78, 5) is 8.27. The minimum Gasteiger partial charge on any atom is -0.346 e. The molecule has 2 aromatic rings. The minimum atomic E-state index is 0.991. The van der Waals surface area contributed by atoms with Gasteiger partial charge < -0.3 is 10.2 Å². The number of rotatable bonds is 3. The molecule has 0 spiro atoms. The number of thiazole rings is 1. The standard InChI is InChI=1S/C14H17N3S/c1-2-4-12(5-3-1)10-13-11-16-14(18-13)17-8-6-15-7-9-17/h1-5,11,15H,6-10H2. The number of anilines is 1. The first-order valence-electron chi connectivity index (χ1n) is 6.36. The van der Waals surface area contributed by atoms with E-state index < -0.39 is 0 Å². The van der Waals surface area contributed by atoms with Crippen LogP contribution in [0.5, 0.6) is 0 Å². The van der Waals surface area contributed by atoms with Crippen molar-refractivity contribution in [3.63, 3.8) is 0 Å². The maximum atomic E-state index is 4.55. The summed E-state index contributed by atoms with van der Waals surface area (Å²) in [7, 11) is 0. The molecule has 1 fully saturated rings. The van der Waals surface area contributed by atoms with Gasteiger partial charge in [0, 0.05) is 43.7 Å². The van der Waals surface area contributed by atoms with Gasteiger partial charge in [0.2, 0.25) is 0 Å². The number of nitrogens with one attached hydrogen (secondary N) is 1. The molecule has 0 amide bonds. The Bertz CT molecular complexity index is 489. The lowest BCUT2D eigenvalue weighted by molar-refractivity contribution is 0.588. The van der Waals surface area contributed by atoms with Crippen LogP contribution in [0.3, 0.4) is 0 Å².